The van der Waals surface area contributed by atoms with Crippen LogP contribution in [0.25, 0.3) is 0 Å². The minimum Gasteiger partial charge on any atom is -0.496 e. The lowest BCUT2D eigenvalue weighted by molar-refractivity contribution is 0.153. The summed E-state index contributed by atoms with van der Waals surface area (Å²) < 4.78 is 5.45. The Bertz CT molecular complexity index is 621. The Morgan fingerprint density at radius 1 is 1.35 bits per heavy atom. The fourth-order valence-corrected chi connectivity index (χ4v) is 3.03. The summed E-state index contributed by atoms with van der Waals surface area (Å²) in [4.78, 5) is 6.78. The number of aryl methyl sites for hydroxylation is 1. The molecule has 1 saturated heterocycles. The highest BCUT2D eigenvalue weighted by molar-refractivity contribution is 5.85. The average molecular weight is 334 g/mol. The van der Waals surface area contributed by atoms with Gasteiger partial charge in [-0.25, -0.2) is 0 Å². The molecule has 0 spiro atoms. The maximum absolute atomic E-state index is 5.45. The van der Waals surface area contributed by atoms with E-state index in [1.807, 2.05) is 18.5 Å². The largest absolute Gasteiger partial charge is 0.496 e. The van der Waals surface area contributed by atoms with E-state index in [0.29, 0.717) is 6.04 Å². The molecule has 2 aromatic rings. The number of benzene rings is 1. The number of nitrogens with one attached hydrogen (secondary N) is 1. The molecule has 124 valence electrons. The Hall–Kier alpha value is -1.62. The zero-order valence-electron chi connectivity index (χ0n) is 13.7. The van der Waals surface area contributed by atoms with Crippen molar-refractivity contribution in [1.82, 2.24) is 15.2 Å². The second-order valence-corrected chi connectivity index (χ2v) is 5.78. The van der Waals surface area contributed by atoms with Crippen LogP contribution in [0.2, 0.25) is 0 Å². The van der Waals surface area contributed by atoms with Gasteiger partial charge in [-0.3, -0.25) is 9.88 Å². The summed E-state index contributed by atoms with van der Waals surface area (Å²) in [7, 11) is 1.73. The number of methoxy groups -OCH3 is 1. The molecule has 0 amide bonds. The van der Waals surface area contributed by atoms with Crippen LogP contribution in [-0.2, 0) is 6.54 Å². The lowest BCUT2D eigenvalue weighted by Gasteiger charge is -2.36. The van der Waals surface area contributed by atoms with Crippen molar-refractivity contribution in [2.75, 3.05) is 26.7 Å². The van der Waals surface area contributed by atoms with Gasteiger partial charge in [0.05, 0.1) is 7.11 Å². The second kappa shape index (κ2) is 8.29. The van der Waals surface area contributed by atoms with Crippen LogP contribution >= 0.6 is 12.4 Å². The van der Waals surface area contributed by atoms with E-state index in [1.165, 1.54) is 16.7 Å². The van der Waals surface area contributed by atoms with Crippen molar-refractivity contribution in [3.05, 3.63) is 59.4 Å². The van der Waals surface area contributed by atoms with E-state index in [9.17, 15) is 0 Å². The Kier molecular flexibility index (Phi) is 6.39. The molecule has 1 aromatic carbocycles. The molecule has 2 heterocycles. The van der Waals surface area contributed by atoms with Crippen molar-refractivity contribution in [2.24, 2.45) is 0 Å². The fourth-order valence-electron chi connectivity index (χ4n) is 3.03. The molecule has 1 N–H and O–H groups in total. The number of hydrogen-bond acceptors (Lipinski definition) is 4. The maximum Gasteiger partial charge on any atom is 0.122 e. The SMILES string of the molecule is COc1cc(CN2CCNCC2c2cccnc2)ccc1C.Cl. The number of aromatic nitrogens is 1. The molecule has 1 aromatic heterocycles. The molecule has 1 aliphatic heterocycles. The first-order valence-corrected chi connectivity index (χ1v) is 7.76. The number of ether oxygens (including phenoxy) is 1. The maximum atomic E-state index is 5.45. The van der Waals surface area contributed by atoms with Crippen molar-refractivity contribution in [2.45, 2.75) is 19.5 Å². The Balaban J connectivity index is 0.00000192. The van der Waals surface area contributed by atoms with Gasteiger partial charge in [0.1, 0.15) is 5.75 Å². The van der Waals surface area contributed by atoms with Crippen LogP contribution in [0.1, 0.15) is 22.7 Å². The van der Waals surface area contributed by atoms with Crippen LogP contribution in [0.5, 0.6) is 5.75 Å². The fraction of sp³-hybridized carbons (Fsp3) is 0.389. The molecule has 0 bridgehead atoms. The molecular weight excluding hydrogens is 310 g/mol. The lowest BCUT2D eigenvalue weighted by Crippen LogP contribution is -2.45. The number of halogens is 1. The number of pyridine rings is 1. The minimum atomic E-state index is 0. The molecule has 1 unspecified atom stereocenters. The third-order valence-corrected chi connectivity index (χ3v) is 4.28. The molecule has 1 atom stereocenters. The van der Waals surface area contributed by atoms with Crippen LogP contribution < -0.4 is 10.1 Å². The first kappa shape index (κ1) is 17.7. The molecule has 23 heavy (non-hydrogen) atoms. The normalized spacial score (nSPS) is 18.3. The highest BCUT2D eigenvalue weighted by Crippen LogP contribution is 2.25. The van der Waals surface area contributed by atoms with Crippen LogP contribution in [0.4, 0.5) is 0 Å². The Morgan fingerprint density at radius 2 is 2.22 bits per heavy atom. The van der Waals surface area contributed by atoms with Gasteiger partial charge in [-0.15, -0.1) is 12.4 Å². The first-order valence-electron chi connectivity index (χ1n) is 7.76. The number of piperazine rings is 1. The van der Waals surface area contributed by atoms with Crippen LogP contribution in [0, 0.1) is 6.92 Å². The predicted octanol–water partition coefficient (Wildman–Crippen LogP) is 2.97. The van der Waals surface area contributed by atoms with Gasteiger partial charge < -0.3 is 10.1 Å². The van der Waals surface area contributed by atoms with E-state index >= 15 is 0 Å². The highest BCUT2D eigenvalue weighted by Gasteiger charge is 2.24. The van der Waals surface area contributed by atoms with Crippen molar-refractivity contribution >= 4 is 12.4 Å². The number of hydrogen-bond donors (Lipinski definition) is 1. The van der Waals surface area contributed by atoms with Gasteiger partial charge in [0.25, 0.3) is 0 Å². The molecule has 3 rings (SSSR count). The molecule has 1 fully saturated rings. The summed E-state index contributed by atoms with van der Waals surface area (Å²) in [5.41, 5.74) is 3.74. The Morgan fingerprint density at radius 3 is 2.96 bits per heavy atom. The molecule has 1 aliphatic rings. The van der Waals surface area contributed by atoms with Gasteiger partial charge in [-0.1, -0.05) is 18.2 Å². The van der Waals surface area contributed by atoms with E-state index in [2.05, 4.69) is 46.4 Å². The molecule has 0 aliphatic carbocycles. The molecule has 0 radical (unpaired) electrons. The third-order valence-electron chi connectivity index (χ3n) is 4.28. The molecule has 4 nitrogen and oxygen atoms in total. The summed E-state index contributed by atoms with van der Waals surface area (Å²) in [6, 6.07) is 11.0. The minimum absolute atomic E-state index is 0. The predicted molar refractivity (Wildman–Crippen MR) is 95.2 cm³/mol. The summed E-state index contributed by atoms with van der Waals surface area (Å²) in [6.45, 7) is 6.04. The van der Waals surface area contributed by atoms with Crippen molar-refractivity contribution in [3.8, 4) is 5.75 Å². The smallest absolute Gasteiger partial charge is 0.122 e. The van der Waals surface area contributed by atoms with Crippen LogP contribution in [0.15, 0.2) is 42.7 Å². The van der Waals surface area contributed by atoms with Gasteiger partial charge >= 0.3 is 0 Å². The number of rotatable bonds is 4. The van der Waals surface area contributed by atoms with Gasteiger partial charge in [0.15, 0.2) is 0 Å². The topological polar surface area (TPSA) is 37.4 Å². The standard InChI is InChI=1S/C18H23N3O.ClH/c1-14-5-6-15(10-18(14)22-2)13-21-9-8-20-12-17(21)16-4-3-7-19-11-16;/h3-7,10-11,17,20H,8-9,12-13H2,1-2H3;1H. The van der Waals surface area contributed by atoms with E-state index in [0.717, 1.165) is 31.9 Å². The Labute approximate surface area is 144 Å². The average Bonchev–Trinajstić information content (AvgIpc) is 2.58. The lowest BCUT2D eigenvalue weighted by atomic mass is 10.0. The first-order chi connectivity index (χ1) is 10.8. The van der Waals surface area contributed by atoms with E-state index in [1.54, 1.807) is 7.11 Å². The highest BCUT2D eigenvalue weighted by atomic mass is 35.5. The molecular formula is C18H24ClN3O. The third kappa shape index (κ3) is 4.22. The summed E-state index contributed by atoms with van der Waals surface area (Å²) in [5, 5.41) is 3.49. The van der Waals surface area contributed by atoms with Crippen LogP contribution in [-0.4, -0.2) is 36.6 Å². The van der Waals surface area contributed by atoms with Crippen LogP contribution in [0.3, 0.4) is 0 Å². The quantitative estimate of drug-likeness (QED) is 0.933. The van der Waals surface area contributed by atoms with E-state index < -0.39 is 0 Å². The summed E-state index contributed by atoms with van der Waals surface area (Å²) in [6.07, 6.45) is 3.80. The zero-order chi connectivity index (χ0) is 15.4. The molecule has 0 saturated carbocycles. The van der Waals surface area contributed by atoms with Gasteiger partial charge in [0, 0.05) is 44.6 Å². The summed E-state index contributed by atoms with van der Waals surface area (Å²) in [5.74, 6) is 0.963. The monoisotopic (exact) mass is 333 g/mol. The van der Waals surface area contributed by atoms with Crippen molar-refractivity contribution in [1.29, 1.82) is 0 Å². The van der Waals surface area contributed by atoms with Gasteiger partial charge in [-0.05, 0) is 35.7 Å². The molecule has 5 heteroatoms. The van der Waals surface area contributed by atoms with Gasteiger partial charge in [-0.2, -0.15) is 0 Å². The summed E-state index contributed by atoms with van der Waals surface area (Å²) >= 11 is 0. The van der Waals surface area contributed by atoms with E-state index in [-0.39, 0.29) is 12.4 Å². The zero-order valence-corrected chi connectivity index (χ0v) is 14.5. The van der Waals surface area contributed by atoms with Crippen molar-refractivity contribution in [3.63, 3.8) is 0 Å². The van der Waals surface area contributed by atoms with Gasteiger partial charge in [0.2, 0.25) is 0 Å². The van der Waals surface area contributed by atoms with Crippen molar-refractivity contribution < 1.29 is 4.74 Å². The second-order valence-electron chi connectivity index (χ2n) is 5.78. The van der Waals surface area contributed by atoms with E-state index in [4.69, 9.17) is 4.74 Å². The number of nitrogens with zero attached hydrogens (tertiary/aromatic N) is 2.